The molecule has 0 spiro atoms. The van der Waals surface area contributed by atoms with Crippen LogP contribution in [0.1, 0.15) is 62.3 Å². The second-order valence-electron chi connectivity index (χ2n) is 13.7. The molecule has 11 nitrogen and oxygen atoms in total. The molecule has 0 radical (unpaired) electrons. The molecule has 8 N–H and O–H groups in total. The lowest BCUT2D eigenvalue weighted by atomic mass is 9.67. The van der Waals surface area contributed by atoms with Crippen molar-refractivity contribution in [3.05, 3.63) is 102 Å². The number of anilines is 1. The standard InChI is InChI=1S/C38H50BN5O6/c1-25(2)21-29(36(46)43-35(28-13-15-31(40)16-14-28)38(48)44-19-17-30(18-20-44)39(49)50)24-34(45)33(23-27-11-7-4-8-12-27)42-37(47)32(41)22-26-9-5-3-6-10-26/h3-16,25,29-30,32-33,35,49-50H,17-24,40-41H2,1-2H3,(H,42,47)(H,43,46)/t29-,32+,33+,35+/m0/s1. The summed E-state index contributed by atoms with van der Waals surface area (Å²) in [6, 6.07) is 22.6. The van der Waals surface area contributed by atoms with Gasteiger partial charge in [-0.25, -0.2) is 0 Å². The van der Waals surface area contributed by atoms with Gasteiger partial charge >= 0.3 is 7.12 Å². The number of nitrogens with zero attached hydrogens (tertiary/aromatic N) is 1. The zero-order valence-corrected chi connectivity index (χ0v) is 28.9. The highest BCUT2D eigenvalue weighted by Crippen LogP contribution is 2.28. The minimum Gasteiger partial charge on any atom is -0.427 e. The minimum atomic E-state index is -1.45. The fourth-order valence-corrected chi connectivity index (χ4v) is 6.41. The summed E-state index contributed by atoms with van der Waals surface area (Å²) < 4.78 is 0. The smallest absolute Gasteiger partial charge is 0.427 e. The van der Waals surface area contributed by atoms with Gasteiger partial charge in [0, 0.05) is 31.1 Å². The molecule has 50 heavy (non-hydrogen) atoms. The molecule has 0 saturated carbocycles. The summed E-state index contributed by atoms with van der Waals surface area (Å²) in [7, 11) is -1.45. The van der Waals surface area contributed by atoms with Crippen molar-refractivity contribution in [1.29, 1.82) is 0 Å². The van der Waals surface area contributed by atoms with E-state index in [2.05, 4.69) is 10.6 Å². The number of hydrogen-bond acceptors (Lipinski definition) is 8. The Bertz CT molecular complexity index is 1550. The maximum Gasteiger partial charge on any atom is 0.454 e. The van der Waals surface area contributed by atoms with Crippen molar-refractivity contribution in [2.75, 3.05) is 18.8 Å². The number of nitrogens with one attached hydrogen (secondary N) is 2. The lowest BCUT2D eigenvalue weighted by molar-refractivity contribution is -0.139. The summed E-state index contributed by atoms with van der Waals surface area (Å²) in [5, 5.41) is 25.1. The molecule has 1 heterocycles. The first-order chi connectivity index (χ1) is 23.9. The number of rotatable bonds is 16. The van der Waals surface area contributed by atoms with Gasteiger partial charge in [0.25, 0.3) is 0 Å². The predicted molar refractivity (Wildman–Crippen MR) is 194 cm³/mol. The first-order valence-corrected chi connectivity index (χ1v) is 17.4. The van der Waals surface area contributed by atoms with Crippen LogP contribution in [0.25, 0.3) is 0 Å². The quantitative estimate of drug-likeness (QED) is 0.0982. The van der Waals surface area contributed by atoms with Gasteiger partial charge in [0.1, 0.15) is 6.04 Å². The lowest BCUT2D eigenvalue weighted by Crippen LogP contribution is -2.51. The van der Waals surface area contributed by atoms with Crippen molar-refractivity contribution in [3.8, 4) is 0 Å². The number of nitrogen functional groups attached to an aromatic ring is 1. The van der Waals surface area contributed by atoms with Gasteiger partial charge in [0.15, 0.2) is 5.78 Å². The fourth-order valence-electron chi connectivity index (χ4n) is 6.41. The number of amides is 3. The van der Waals surface area contributed by atoms with Crippen LogP contribution in [0.15, 0.2) is 84.9 Å². The number of likely N-dealkylation sites (tertiary alicyclic amines) is 1. The van der Waals surface area contributed by atoms with Crippen LogP contribution in [0.5, 0.6) is 0 Å². The van der Waals surface area contributed by atoms with Crippen LogP contribution >= 0.6 is 0 Å². The van der Waals surface area contributed by atoms with Gasteiger partial charge in [0.05, 0.1) is 12.1 Å². The summed E-state index contributed by atoms with van der Waals surface area (Å²) in [6.45, 7) is 4.53. The van der Waals surface area contributed by atoms with Gasteiger partial charge in [-0.3, -0.25) is 19.2 Å². The Balaban J connectivity index is 1.53. The third-order valence-corrected chi connectivity index (χ3v) is 9.27. The Morgan fingerprint density at radius 3 is 1.92 bits per heavy atom. The number of benzene rings is 3. The molecule has 1 fully saturated rings. The van der Waals surface area contributed by atoms with Crippen LogP contribution in [0.4, 0.5) is 5.69 Å². The maximum absolute atomic E-state index is 14.1. The Hall–Kier alpha value is -4.52. The first-order valence-electron chi connectivity index (χ1n) is 17.4. The molecule has 0 aromatic heterocycles. The van der Waals surface area contributed by atoms with Gasteiger partial charge in [-0.05, 0) is 72.7 Å². The SMILES string of the molecule is CC(C)C[C@@H](CC(=O)[C@@H](Cc1ccccc1)NC(=O)[C@H](N)Cc1ccccc1)C(=O)N[C@@H](C(=O)N1CCC(B(O)O)CC1)c1ccc(N)cc1. The number of hydrogen-bond donors (Lipinski definition) is 6. The van der Waals surface area contributed by atoms with Crippen molar-refractivity contribution in [1.82, 2.24) is 15.5 Å². The molecule has 3 aromatic carbocycles. The Morgan fingerprint density at radius 2 is 1.38 bits per heavy atom. The predicted octanol–water partition coefficient (Wildman–Crippen LogP) is 2.81. The summed E-state index contributed by atoms with van der Waals surface area (Å²) in [5.74, 6) is -2.61. The number of piperidine rings is 1. The second-order valence-corrected chi connectivity index (χ2v) is 13.7. The van der Waals surface area contributed by atoms with Crippen LogP contribution < -0.4 is 22.1 Å². The highest BCUT2D eigenvalue weighted by Gasteiger charge is 2.36. The summed E-state index contributed by atoms with van der Waals surface area (Å²) in [4.78, 5) is 57.0. The van der Waals surface area contributed by atoms with E-state index in [1.165, 1.54) is 0 Å². The normalized spacial score (nSPS) is 15.8. The molecule has 0 aliphatic carbocycles. The van der Waals surface area contributed by atoms with Crippen LogP contribution in [-0.4, -0.2) is 70.7 Å². The molecule has 0 unspecified atom stereocenters. The van der Waals surface area contributed by atoms with Crippen LogP contribution in [0.2, 0.25) is 5.82 Å². The third kappa shape index (κ3) is 11.3. The topological polar surface area (TPSA) is 188 Å². The van der Waals surface area contributed by atoms with Gasteiger partial charge in [0.2, 0.25) is 17.7 Å². The molecule has 3 aromatic rings. The summed E-state index contributed by atoms with van der Waals surface area (Å²) in [6.07, 6.45) is 1.58. The number of nitrogens with two attached hydrogens (primary N) is 2. The van der Waals surface area contributed by atoms with Crippen molar-refractivity contribution in [2.24, 2.45) is 17.6 Å². The van der Waals surface area contributed by atoms with Gasteiger partial charge in [-0.2, -0.15) is 0 Å². The Morgan fingerprint density at radius 1 is 0.820 bits per heavy atom. The Kier molecular flexibility index (Phi) is 14.1. The van der Waals surface area contributed by atoms with E-state index in [0.717, 1.165) is 11.1 Å². The molecule has 266 valence electrons. The van der Waals surface area contributed by atoms with Crippen molar-refractivity contribution in [3.63, 3.8) is 0 Å². The van der Waals surface area contributed by atoms with Crippen molar-refractivity contribution in [2.45, 2.75) is 76.3 Å². The van der Waals surface area contributed by atoms with Gasteiger partial charge in [-0.1, -0.05) is 86.6 Å². The van der Waals surface area contributed by atoms with E-state index in [9.17, 15) is 29.2 Å². The van der Waals surface area contributed by atoms with Crippen molar-refractivity contribution < 1.29 is 29.2 Å². The molecule has 4 atom stereocenters. The van der Waals surface area contributed by atoms with E-state index < -0.39 is 43.0 Å². The van der Waals surface area contributed by atoms with E-state index in [1.807, 2.05) is 74.5 Å². The van der Waals surface area contributed by atoms with E-state index in [1.54, 1.807) is 29.2 Å². The van der Waals surface area contributed by atoms with Crippen LogP contribution in [0.3, 0.4) is 0 Å². The van der Waals surface area contributed by atoms with Gasteiger partial charge < -0.3 is 37.0 Å². The first kappa shape index (κ1) is 38.3. The third-order valence-electron chi connectivity index (χ3n) is 9.27. The average molecular weight is 684 g/mol. The molecule has 1 saturated heterocycles. The van der Waals surface area contributed by atoms with E-state index >= 15 is 0 Å². The zero-order valence-electron chi connectivity index (χ0n) is 28.9. The molecule has 3 amide bonds. The Labute approximate surface area is 295 Å². The number of Topliss-reactive ketones (excluding diaryl/α,β-unsaturated/α-hetero) is 1. The minimum absolute atomic E-state index is 0.0506. The van der Waals surface area contributed by atoms with Crippen LogP contribution in [0, 0.1) is 11.8 Å². The van der Waals surface area contributed by atoms with Crippen LogP contribution in [-0.2, 0) is 32.0 Å². The van der Waals surface area contributed by atoms with E-state index in [-0.39, 0.29) is 36.3 Å². The second kappa shape index (κ2) is 18.5. The number of carbonyl (C=O) groups excluding carboxylic acids is 4. The number of carbonyl (C=O) groups is 4. The fraction of sp³-hybridized carbons (Fsp3) is 0.421. The largest absolute Gasteiger partial charge is 0.454 e. The maximum atomic E-state index is 14.1. The zero-order chi connectivity index (χ0) is 36.2. The molecule has 1 aliphatic rings. The average Bonchev–Trinajstić information content (AvgIpc) is 3.10. The summed E-state index contributed by atoms with van der Waals surface area (Å²) in [5.41, 5.74) is 15.0. The molecular weight excluding hydrogens is 633 g/mol. The highest BCUT2D eigenvalue weighted by atomic mass is 16.4. The van der Waals surface area contributed by atoms with Crippen molar-refractivity contribution >= 4 is 36.3 Å². The molecule has 1 aliphatic heterocycles. The highest BCUT2D eigenvalue weighted by molar-refractivity contribution is 6.43. The lowest BCUT2D eigenvalue weighted by Gasteiger charge is -2.34. The molecule has 0 bridgehead atoms. The number of ketones is 1. The molecule has 4 rings (SSSR count). The molecular formula is C38H50BN5O6. The van der Waals surface area contributed by atoms with E-state index in [0.29, 0.717) is 50.0 Å². The summed E-state index contributed by atoms with van der Waals surface area (Å²) >= 11 is 0. The molecule has 12 heteroatoms. The van der Waals surface area contributed by atoms with Gasteiger partial charge in [-0.15, -0.1) is 0 Å². The van der Waals surface area contributed by atoms with E-state index in [4.69, 9.17) is 11.5 Å². The monoisotopic (exact) mass is 683 g/mol.